The molecule has 0 bridgehead atoms. The van der Waals surface area contributed by atoms with Crippen molar-refractivity contribution < 1.29 is 20.1 Å². The molecular weight excluding hydrogens is 198 g/mol. The number of aromatic nitrogens is 1. The lowest BCUT2D eigenvalue weighted by atomic mass is 10.1. The van der Waals surface area contributed by atoms with Crippen molar-refractivity contribution in [2.24, 2.45) is 0 Å². The van der Waals surface area contributed by atoms with Crippen LogP contribution in [-0.4, -0.2) is 26.3 Å². The smallest absolute Gasteiger partial charge is 0.354 e. The van der Waals surface area contributed by atoms with Crippen LogP contribution < -0.4 is 0 Å². The molecule has 0 aliphatic rings. The zero-order chi connectivity index (χ0) is 11.0. The minimum atomic E-state index is -1.23. The number of rotatable bonds is 1. The molecule has 1 heterocycles. The Morgan fingerprint density at radius 2 is 1.93 bits per heavy atom. The van der Waals surface area contributed by atoms with Crippen molar-refractivity contribution in [3.8, 4) is 11.5 Å². The van der Waals surface area contributed by atoms with Crippen molar-refractivity contribution in [3.05, 3.63) is 30.0 Å². The Bertz CT molecular complexity index is 550. The summed E-state index contributed by atoms with van der Waals surface area (Å²) in [6.07, 6.45) is 0. The van der Waals surface area contributed by atoms with E-state index in [9.17, 15) is 15.0 Å². The number of phenols is 1. The standard InChI is InChI=1S/C10H7NO4/c12-5-1-2-6-7(3-5)11-8(10(14)15)4-9(6)13/h1-4,12H,(H,11,13)(H,14,15). The van der Waals surface area contributed by atoms with Gasteiger partial charge in [-0.3, -0.25) is 0 Å². The second-order valence-electron chi connectivity index (χ2n) is 3.03. The van der Waals surface area contributed by atoms with Gasteiger partial charge in [-0.2, -0.15) is 0 Å². The predicted octanol–water partition coefficient (Wildman–Crippen LogP) is 1.34. The average molecular weight is 205 g/mol. The molecule has 0 fully saturated rings. The highest BCUT2D eigenvalue weighted by Crippen LogP contribution is 2.26. The first-order valence-electron chi connectivity index (χ1n) is 4.14. The zero-order valence-electron chi connectivity index (χ0n) is 7.51. The van der Waals surface area contributed by atoms with Gasteiger partial charge in [0.2, 0.25) is 0 Å². The summed E-state index contributed by atoms with van der Waals surface area (Å²) in [6, 6.07) is 5.23. The maximum atomic E-state index is 10.6. The molecule has 0 atom stereocenters. The Kier molecular flexibility index (Phi) is 1.93. The SMILES string of the molecule is O=C(O)c1cc(O)c2ccc(O)cc2n1. The second kappa shape index (κ2) is 3.13. The quantitative estimate of drug-likeness (QED) is 0.653. The summed E-state index contributed by atoms with van der Waals surface area (Å²) < 4.78 is 0. The maximum absolute atomic E-state index is 10.6. The van der Waals surface area contributed by atoms with Gasteiger partial charge in [0.1, 0.15) is 11.5 Å². The molecule has 0 amide bonds. The molecule has 0 saturated carbocycles. The summed E-state index contributed by atoms with van der Waals surface area (Å²) in [5, 5.41) is 27.8. The molecule has 3 N–H and O–H groups in total. The van der Waals surface area contributed by atoms with Crippen LogP contribution in [0.4, 0.5) is 0 Å². The van der Waals surface area contributed by atoms with Crippen LogP contribution in [0, 0.1) is 0 Å². The van der Waals surface area contributed by atoms with Crippen LogP contribution in [0.15, 0.2) is 24.3 Å². The Hall–Kier alpha value is -2.30. The van der Waals surface area contributed by atoms with E-state index in [1.54, 1.807) is 0 Å². The molecule has 1 aromatic carbocycles. The van der Waals surface area contributed by atoms with E-state index >= 15 is 0 Å². The number of carbonyl (C=O) groups is 1. The molecule has 0 aliphatic heterocycles. The minimum Gasteiger partial charge on any atom is -0.508 e. The van der Waals surface area contributed by atoms with E-state index in [0.717, 1.165) is 6.07 Å². The van der Waals surface area contributed by atoms with Crippen LogP contribution in [0.3, 0.4) is 0 Å². The monoisotopic (exact) mass is 205 g/mol. The molecule has 15 heavy (non-hydrogen) atoms. The summed E-state index contributed by atoms with van der Waals surface area (Å²) >= 11 is 0. The van der Waals surface area contributed by atoms with E-state index in [1.807, 2.05) is 0 Å². The van der Waals surface area contributed by atoms with Gasteiger partial charge in [-0.05, 0) is 12.1 Å². The van der Waals surface area contributed by atoms with Crippen molar-refractivity contribution in [1.29, 1.82) is 0 Å². The van der Waals surface area contributed by atoms with Crippen LogP contribution in [-0.2, 0) is 0 Å². The van der Waals surface area contributed by atoms with Gasteiger partial charge in [0.25, 0.3) is 0 Å². The number of fused-ring (bicyclic) bond motifs is 1. The molecule has 1 aromatic heterocycles. The van der Waals surface area contributed by atoms with E-state index in [2.05, 4.69) is 4.98 Å². The van der Waals surface area contributed by atoms with E-state index in [1.165, 1.54) is 18.2 Å². The highest BCUT2D eigenvalue weighted by Gasteiger charge is 2.10. The van der Waals surface area contributed by atoms with Crippen molar-refractivity contribution >= 4 is 16.9 Å². The molecule has 76 valence electrons. The van der Waals surface area contributed by atoms with E-state index in [4.69, 9.17) is 5.11 Å². The summed E-state index contributed by atoms with van der Waals surface area (Å²) in [5.41, 5.74) is -0.0157. The lowest BCUT2D eigenvalue weighted by Crippen LogP contribution is -1.99. The largest absolute Gasteiger partial charge is 0.508 e. The second-order valence-corrected chi connectivity index (χ2v) is 3.03. The van der Waals surface area contributed by atoms with E-state index < -0.39 is 5.97 Å². The van der Waals surface area contributed by atoms with Crippen molar-refractivity contribution in [1.82, 2.24) is 4.98 Å². The van der Waals surface area contributed by atoms with Crippen molar-refractivity contribution in [2.75, 3.05) is 0 Å². The minimum absolute atomic E-state index is 0.0306. The lowest BCUT2D eigenvalue weighted by Gasteiger charge is -2.02. The topological polar surface area (TPSA) is 90.7 Å². The molecule has 5 heteroatoms. The van der Waals surface area contributed by atoms with Crippen LogP contribution in [0.2, 0.25) is 0 Å². The first-order chi connectivity index (χ1) is 7.08. The number of carboxylic acid groups (broad SMARTS) is 1. The number of hydrogen-bond donors (Lipinski definition) is 3. The fourth-order valence-corrected chi connectivity index (χ4v) is 1.31. The molecule has 0 unspecified atom stereocenters. The van der Waals surface area contributed by atoms with Crippen LogP contribution >= 0.6 is 0 Å². The van der Waals surface area contributed by atoms with Gasteiger partial charge in [0, 0.05) is 17.5 Å². The van der Waals surface area contributed by atoms with Gasteiger partial charge in [-0.25, -0.2) is 9.78 Å². The van der Waals surface area contributed by atoms with Crippen molar-refractivity contribution in [3.63, 3.8) is 0 Å². The third-order valence-corrected chi connectivity index (χ3v) is 1.99. The summed E-state index contributed by atoms with van der Waals surface area (Å²) in [6.45, 7) is 0. The number of pyridine rings is 1. The van der Waals surface area contributed by atoms with Crippen LogP contribution in [0.1, 0.15) is 10.5 Å². The summed E-state index contributed by atoms with van der Waals surface area (Å²) in [7, 11) is 0. The van der Waals surface area contributed by atoms with Gasteiger partial charge < -0.3 is 15.3 Å². The lowest BCUT2D eigenvalue weighted by molar-refractivity contribution is 0.0690. The molecule has 5 nitrogen and oxygen atoms in total. The first-order valence-corrected chi connectivity index (χ1v) is 4.14. The molecule has 0 spiro atoms. The number of carboxylic acids is 1. The Labute approximate surface area is 84.2 Å². The van der Waals surface area contributed by atoms with E-state index in [-0.39, 0.29) is 22.7 Å². The highest BCUT2D eigenvalue weighted by atomic mass is 16.4. The zero-order valence-corrected chi connectivity index (χ0v) is 7.51. The van der Waals surface area contributed by atoms with Crippen LogP contribution in [0.5, 0.6) is 11.5 Å². The molecule has 0 aliphatic carbocycles. The number of phenolic OH excluding ortho intramolecular Hbond substituents is 1. The van der Waals surface area contributed by atoms with Crippen LogP contribution in [0.25, 0.3) is 10.9 Å². The van der Waals surface area contributed by atoms with Gasteiger partial charge in [0.05, 0.1) is 5.52 Å². The molecule has 2 aromatic rings. The number of aromatic carboxylic acids is 1. The van der Waals surface area contributed by atoms with Crippen molar-refractivity contribution in [2.45, 2.75) is 0 Å². The first kappa shape index (κ1) is 9.26. The third kappa shape index (κ3) is 1.54. The average Bonchev–Trinajstić information content (AvgIpc) is 2.16. The summed E-state index contributed by atoms with van der Waals surface area (Å²) in [4.78, 5) is 14.4. The predicted molar refractivity (Wildman–Crippen MR) is 52.0 cm³/mol. The molecule has 0 radical (unpaired) electrons. The number of aromatic hydroxyl groups is 2. The van der Waals surface area contributed by atoms with Gasteiger partial charge >= 0.3 is 5.97 Å². The fraction of sp³-hybridized carbons (Fsp3) is 0. The Balaban J connectivity index is 2.79. The Morgan fingerprint density at radius 3 is 2.60 bits per heavy atom. The summed E-state index contributed by atoms with van der Waals surface area (Å²) in [5.74, 6) is -1.43. The highest BCUT2D eigenvalue weighted by molar-refractivity contribution is 5.93. The maximum Gasteiger partial charge on any atom is 0.354 e. The van der Waals surface area contributed by atoms with Gasteiger partial charge in [-0.15, -0.1) is 0 Å². The molecular formula is C10H7NO4. The number of nitrogens with zero attached hydrogens (tertiary/aromatic N) is 1. The Morgan fingerprint density at radius 1 is 1.20 bits per heavy atom. The fourth-order valence-electron chi connectivity index (χ4n) is 1.31. The van der Waals surface area contributed by atoms with Gasteiger partial charge in [-0.1, -0.05) is 0 Å². The van der Waals surface area contributed by atoms with E-state index in [0.29, 0.717) is 5.39 Å². The molecule has 0 saturated heterocycles. The third-order valence-electron chi connectivity index (χ3n) is 1.99. The normalized spacial score (nSPS) is 10.4. The molecule has 2 rings (SSSR count). The van der Waals surface area contributed by atoms with Gasteiger partial charge in [0.15, 0.2) is 5.69 Å². The number of benzene rings is 1. The number of hydrogen-bond acceptors (Lipinski definition) is 4.